The molecule has 7 nitrogen and oxygen atoms in total. The molecule has 0 aromatic carbocycles. The number of fused-ring (bicyclic) bond motifs is 1. The first-order valence-corrected chi connectivity index (χ1v) is 6.21. The van der Waals surface area contributed by atoms with E-state index in [2.05, 4.69) is 9.97 Å². The number of nitrogens with zero attached hydrogens (tertiary/aromatic N) is 2. The zero-order chi connectivity index (χ0) is 13.6. The van der Waals surface area contributed by atoms with Gasteiger partial charge in [-0.25, -0.2) is 4.98 Å². The first kappa shape index (κ1) is 12.7. The van der Waals surface area contributed by atoms with Gasteiger partial charge in [0.15, 0.2) is 6.23 Å². The van der Waals surface area contributed by atoms with E-state index in [-0.39, 0.29) is 6.61 Å². The van der Waals surface area contributed by atoms with Gasteiger partial charge in [-0.05, 0) is 6.07 Å². The number of imidazole rings is 1. The monoisotopic (exact) mass is 283 g/mol. The topological polar surface area (TPSA) is 104 Å². The lowest BCUT2D eigenvalue weighted by Crippen LogP contribution is -2.33. The lowest BCUT2D eigenvalue weighted by Gasteiger charge is -2.16. The van der Waals surface area contributed by atoms with Crippen LogP contribution < -0.4 is 0 Å². The third-order valence-electron chi connectivity index (χ3n) is 3.27. The lowest BCUT2D eigenvalue weighted by molar-refractivity contribution is -0.0511. The molecule has 4 N–H and O–H groups in total. The Hall–Kier alpha value is -1.32. The van der Waals surface area contributed by atoms with Gasteiger partial charge in [0.1, 0.15) is 29.5 Å². The number of H-pyrrole nitrogens is 1. The molecule has 0 bridgehead atoms. The normalized spacial score (nSPS) is 31.1. The first-order valence-electron chi connectivity index (χ1n) is 5.80. The van der Waals surface area contributed by atoms with Gasteiger partial charge in [0.25, 0.3) is 0 Å². The summed E-state index contributed by atoms with van der Waals surface area (Å²) in [4.78, 5) is 7.15. The molecule has 1 aliphatic rings. The molecule has 4 atom stereocenters. The summed E-state index contributed by atoms with van der Waals surface area (Å²) in [5.74, 6) is 0. The predicted octanol–water partition coefficient (Wildman–Crippen LogP) is -0.295. The molecular formula is C11H13N3O4S. The molecule has 8 heteroatoms. The molecule has 2 aromatic rings. The van der Waals surface area contributed by atoms with Gasteiger partial charge < -0.3 is 25.0 Å². The maximum absolute atomic E-state index is 9.98. The van der Waals surface area contributed by atoms with Crippen molar-refractivity contribution in [2.45, 2.75) is 24.5 Å². The molecule has 1 fully saturated rings. The van der Waals surface area contributed by atoms with E-state index in [1.807, 2.05) is 0 Å². The molecule has 0 aliphatic carbocycles. The van der Waals surface area contributed by atoms with Crippen LogP contribution in [-0.2, 0) is 4.74 Å². The van der Waals surface area contributed by atoms with Crippen LogP contribution in [0, 0.1) is 4.51 Å². The van der Waals surface area contributed by atoms with Crippen LogP contribution in [0.15, 0.2) is 18.6 Å². The molecule has 0 spiro atoms. The maximum atomic E-state index is 9.98. The largest absolute Gasteiger partial charge is 0.394 e. The van der Waals surface area contributed by atoms with Crippen LogP contribution in [0.2, 0.25) is 0 Å². The standard InChI is InChI=1S/C11H13N3O4S/c15-3-5-8(16)9(17)11(18-5)14-4-13-7-6(19)1-2-12-10(7)14/h1-2,4-5,8-9,11,15-17H,3H2,(H,12,19)/t5-,8-,9-,11-/m1/s1. The fraction of sp³-hybridized carbons (Fsp3) is 0.455. The van der Waals surface area contributed by atoms with E-state index in [0.717, 1.165) is 0 Å². The van der Waals surface area contributed by atoms with Gasteiger partial charge in [0.05, 0.1) is 17.4 Å². The van der Waals surface area contributed by atoms with Crippen LogP contribution in [0.25, 0.3) is 11.2 Å². The highest BCUT2D eigenvalue weighted by molar-refractivity contribution is 7.71. The van der Waals surface area contributed by atoms with Crippen LogP contribution in [0.4, 0.5) is 0 Å². The summed E-state index contributed by atoms with van der Waals surface area (Å²) in [6.07, 6.45) is -0.758. The Morgan fingerprint density at radius 1 is 1.42 bits per heavy atom. The number of ether oxygens (including phenoxy) is 1. The molecule has 19 heavy (non-hydrogen) atoms. The van der Waals surface area contributed by atoms with Crippen molar-refractivity contribution < 1.29 is 20.1 Å². The molecule has 0 unspecified atom stereocenters. The smallest absolute Gasteiger partial charge is 0.165 e. The molecule has 0 saturated carbocycles. The van der Waals surface area contributed by atoms with Crippen LogP contribution in [0.3, 0.4) is 0 Å². The number of hydrogen-bond donors (Lipinski definition) is 4. The van der Waals surface area contributed by atoms with E-state index < -0.39 is 24.5 Å². The Morgan fingerprint density at radius 2 is 2.21 bits per heavy atom. The fourth-order valence-electron chi connectivity index (χ4n) is 2.26. The Labute approximate surface area is 113 Å². The molecular weight excluding hydrogens is 270 g/mol. The van der Waals surface area contributed by atoms with E-state index in [1.54, 1.807) is 16.8 Å². The highest BCUT2D eigenvalue weighted by Crippen LogP contribution is 2.31. The minimum atomic E-state index is -1.14. The van der Waals surface area contributed by atoms with Gasteiger partial charge in [0.2, 0.25) is 0 Å². The van der Waals surface area contributed by atoms with Gasteiger partial charge in [-0.1, -0.05) is 12.2 Å². The number of hydrogen-bond acceptors (Lipinski definition) is 6. The second-order valence-electron chi connectivity index (χ2n) is 4.42. The molecule has 2 aromatic heterocycles. The van der Waals surface area contributed by atoms with Crippen molar-refractivity contribution in [3.63, 3.8) is 0 Å². The van der Waals surface area contributed by atoms with Crippen molar-refractivity contribution in [2.75, 3.05) is 6.61 Å². The van der Waals surface area contributed by atoms with Gasteiger partial charge in [-0.3, -0.25) is 4.57 Å². The molecule has 0 radical (unpaired) electrons. The summed E-state index contributed by atoms with van der Waals surface area (Å²) >= 11 is 5.15. The Kier molecular flexibility index (Phi) is 3.11. The summed E-state index contributed by atoms with van der Waals surface area (Å²) in [5, 5.41) is 28.8. The minimum Gasteiger partial charge on any atom is -0.394 e. The summed E-state index contributed by atoms with van der Waals surface area (Å²) in [7, 11) is 0. The van der Waals surface area contributed by atoms with Gasteiger partial charge in [-0.15, -0.1) is 0 Å². The molecule has 0 amide bonds. The zero-order valence-corrected chi connectivity index (χ0v) is 10.6. The minimum absolute atomic E-state index is 0.364. The van der Waals surface area contributed by atoms with E-state index in [4.69, 9.17) is 22.1 Å². The molecule has 1 saturated heterocycles. The van der Waals surface area contributed by atoms with Crippen LogP contribution in [-0.4, -0.2) is 54.8 Å². The Morgan fingerprint density at radius 3 is 2.89 bits per heavy atom. The van der Waals surface area contributed by atoms with Gasteiger partial charge >= 0.3 is 0 Å². The maximum Gasteiger partial charge on any atom is 0.165 e. The summed E-state index contributed by atoms with van der Waals surface area (Å²) in [5.41, 5.74) is 1.19. The summed E-state index contributed by atoms with van der Waals surface area (Å²) in [6.45, 7) is -0.364. The van der Waals surface area contributed by atoms with E-state index in [0.29, 0.717) is 15.7 Å². The number of aromatic nitrogens is 3. The molecule has 3 rings (SSSR count). The van der Waals surface area contributed by atoms with Crippen LogP contribution in [0.1, 0.15) is 6.23 Å². The number of rotatable bonds is 2. The third-order valence-corrected chi connectivity index (χ3v) is 3.60. The number of aromatic amines is 1. The van der Waals surface area contributed by atoms with Crippen molar-refractivity contribution in [3.8, 4) is 0 Å². The van der Waals surface area contributed by atoms with Crippen molar-refractivity contribution >= 4 is 23.4 Å². The van der Waals surface area contributed by atoms with E-state index >= 15 is 0 Å². The average Bonchev–Trinajstić information content (AvgIpc) is 2.94. The quantitative estimate of drug-likeness (QED) is 0.565. The van der Waals surface area contributed by atoms with Crippen molar-refractivity contribution in [1.29, 1.82) is 0 Å². The third kappa shape index (κ3) is 1.88. The molecule has 3 heterocycles. The predicted molar refractivity (Wildman–Crippen MR) is 67.9 cm³/mol. The number of aliphatic hydroxyl groups excluding tert-OH is 3. The molecule has 102 valence electrons. The second-order valence-corrected chi connectivity index (χ2v) is 4.86. The first-order chi connectivity index (χ1) is 9.13. The lowest BCUT2D eigenvalue weighted by atomic mass is 10.1. The van der Waals surface area contributed by atoms with E-state index in [1.165, 1.54) is 6.33 Å². The van der Waals surface area contributed by atoms with E-state index in [9.17, 15) is 10.2 Å². The second kappa shape index (κ2) is 4.66. The Bertz CT molecular complexity index is 655. The summed E-state index contributed by atoms with van der Waals surface area (Å²) < 4.78 is 7.59. The average molecular weight is 283 g/mol. The van der Waals surface area contributed by atoms with Crippen molar-refractivity contribution in [2.24, 2.45) is 0 Å². The van der Waals surface area contributed by atoms with Gasteiger partial charge in [-0.2, -0.15) is 0 Å². The van der Waals surface area contributed by atoms with Crippen LogP contribution in [0.5, 0.6) is 0 Å². The SMILES string of the molecule is OC[C@H]1O[C@@H](n2cnc3c(=S)cc[nH]c32)[C@H](O)[C@@H]1O. The fourth-order valence-corrected chi connectivity index (χ4v) is 2.48. The molecule has 1 aliphatic heterocycles. The zero-order valence-electron chi connectivity index (χ0n) is 9.80. The highest BCUT2D eigenvalue weighted by Gasteiger charge is 2.43. The number of aliphatic hydroxyl groups is 3. The Balaban J connectivity index is 2.06. The van der Waals surface area contributed by atoms with Crippen molar-refractivity contribution in [3.05, 3.63) is 23.1 Å². The van der Waals surface area contributed by atoms with Crippen molar-refractivity contribution in [1.82, 2.24) is 14.5 Å². The van der Waals surface area contributed by atoms with Gasteiger partial charge in [0, 0.05) is 6.20 Å². The summed E-state index contributed by atoms with van der Waals surface area (Å²) in [6, 6.07) is 1.71. The van der Waals surface area contributed by atoms with Crippen LogP contribution >= 0.6 is 12.2 Å². The number of pyridine rings is 1. The highest BCUT2D eigenvalue weighted by atomic mass is 32.1. The number of nitrogens with one attached hydrogen (secondary N) is 1.